The van der Waals surface area contributed by atoms with Gasteiger partial charge in [0.15, 0.2) is 5.82 Å². The first-order valence-electron chi connectivity index (χ1n) is 4.90. The van der Waals surface area contributed by atoms with Gasteiger partial charge in [0.1, 0.15) is 0 Å². The van der Waals surface area contributed by atoms with E-state index >= 15 is 0 Å². The van der Waals surface area contributed by atoms with Gasteiger partial charge in [-0.15, -0.1) is 10.2 Å². The fourth-order valence-electron chi connectivity index (χ4n) is 1.34. The fourth-order valence-corrected chi connectivity index (χ4v) is 1.34. The van der Waals surface area contributed by atoms with Crippen LogP contribution in [0.2, 0.25) is 0 Å². The second kappa shape index (κ2) is 4.04. The number of aromatic amines is 1. The number of hydrogen-bond donors (Lipinski definition) is 2. The number of hydrogen-bond acceptors (Lipinski definition) is 4. The van der Waals surface area contributed by atoms with Crippen LogP contribution < -0.4 is 5.32 Å². The van der Waals surface area contributed by atoms with Crippen molar-refractivity contribution in [3.63, 3.8) is 0 Å². The predicted molar refractivity (Wildman–Crippen MR) is 54.6 cm³/mol. The van der Waals surface area contributed by atoms with Crippen LogP contribution in [0.3, 0.4) is 0 Å². The lowest BCUT2D eigenvalue weighted by atomic mass is 9.86. The molecule has 2 N–H and O–H groups in total. The van der Waals surface area contributed by atoms with Gasteiger partial charge in [-0.1, -0.05) is 39.8 Å². The molecular weight excluding hydrogens is 178 g/mol. The zero-order chi connectivity index (χ0) is 10.8. The topological polar surface area (TPSA) is 66.5 Å². The van der Waals surface area contributed by atoms with Crippen LogP contribution in [0, 0.1) is 5.41 Å². The summed E-state index contributed by atoms with van der Waals surface area (Å²) in [5.41, 5.74) is 0.0775. The fraction of sp³-hybridized carbons (Fsp3) is 0.889. The third kappa shape index (κ3) is 2.77. The summed E-state index contributed by atoms with van der Waals surface area (Å²) in [5.74, 6) is 0.728. The molecule has 0 aliphatic carbocycles. The maximum absolute atomic E-state index is 4.03. The lowest BCUT2D eigenvalue weighted by molar-refractivity contribution is 0.247. The van der Waals surface area contributed by atoms with Crippen molar-refractivity contribution in [2.75, 3.05) is 0 Å². The molecule has 1 aromatic rings. The quantitative estimate of drug-likeness (QED) is 0.766. The number of tetrazole rings is 1. The Morgan fingerprint density at radius 3 is 2.29 bits per heavy atom. The highest BCUT2D eigenvalue weighted by atomic mass is 15.5. The van der Waals surface area contributed by atoms with Crippen LogP contribution >= 0.6 is 0 Å². The van der Waals surface area contributed by atoms with Gasteiger partial charge in [-0.25, -0.2) is 0 Å². The number of nitrogens with zero attached hydrogens (tertiary/aromatic N) is 3. The van der Waals surface area contributed by atoms with Crippen LogP contribution in [0.5, 0.6) is 0 Å². The Morgan fingerprint density at radius 2 is 1.93 bits per heavy atom. The maximum Gasteiger partial charge on any atom is 0.191 e. The van der Waals surface area contributed by atoms with Crippen LogP contribution in [-0.2, 0) is 0 Å². The minimum absolute atomic E-state index is 0.0775. The van der Waals surface area contributed by atoms with Crippen LogP contribution in [0.25, 0.3) is 0 Å². The van der Waals surface area contributed by atoms with Crippen LogP contribution in [-0.4, -0.2) is 26.7 Å². The molecule has 0 spiro atoms. The Hall–Kier alpha value is -0.970. The highest BCUT2D eigenvalue weighted by Crippen LogP contribution is 2.30. The summed E-state index contributed by atoms with van der Waals surface area (Å²) < 4.78 is 0. The van der Waals surface area contributed by atoms with Crippen molar-refractivity contribution >= 4 is 0 Å². The van der Waals surface area contributed by atoms with Gasteiger partial charge in [-0.3, -0.25) is 0 Å². The summed E-state index contributed by atoms with van der Waals surface area (Å²) in [7, 11) is 0. The average molecular weight is 197 g/mol. The molecule has 0 saturated carbocycles. The van der Waals surface area contributed by atoms with E-state index in [1.165, 1.54) is 0 Å². The van der Waals surface area contributed by atoms with E-state index in [0.29, 0.717) is 6.04 Å². The molecule has 1 aromatic heterocycles. The normalized spacial score (nSPS) is 14.7. The van der Waals surface area contributed by atoms with Crippen molar-refractivity contribution in [1.29, 1.82) is 0 Å². The SMILES string of the molecule is CC(C)N[C@@H](c1nn[nH]n1)C(C)(C)C. The number of aromatic nitrogens is 4. The molecular formula is C9H19N5. The molecule has 0 aromatic carbocycles. The Kier molecular flexibility index (Phi) is 3.21. The molecule has 0 aliphatic rings. The molecule has 80 valence electrons. The second-order valence-corrected chi connectivity index (χ2v) is 4.89. The van der Waals surface area contributed by atoms with Gasteiger partial charge in [0.05, 0.1) is 6.04 Å². The molecule has 0 unspecified atom stereocenters. The zero-order valence-electron chi connectivity index (χ0n) is 9.50. The molecule has 0 amide bonds. The van der Waals surface area contributed by atoms with Crippen molar-refractivity contribution in [3.05, 3.63) is 5.82 Å². The zero-order valence-corrected chi connectivity index (χ0v) is 9.50. The molecule has 5 heteroatoms. The maximum atomic E-state index is 4.03. The standard InChI is InChI=1S/C9H19N5/c1-6(2)10-7(9(3,4)5)8-11-13-14-12-8/h6-7,10H,1-5H3,(H,11,12,13,14)/t7-/m0/s1. The largest absolute Gasteiger partial charge is 0.305 e. The molecule has 0 fully saturated rings. The van der Waals surface area contributed by atoms with Gasteiger partial charge in [-0.05, 0) is 5.41 Å². The monoisotopic (exact) mass is 197 g/mol. The Morgan fingerprint density at radius 1 is 1.29 bits per heavy atom. The minimum atomic E-state index is 0.0775. The van der Waals surface area contributed by atoms with Gasteiger partial charge in [0, 0.05) is 6.04 Å². The number of rotatable bonds is 3. The summed E-state index contributed by atoms with van der Waals surface area (Å²) in [6, 6.07) is 0.527. The summed E-state index contributed by atoms with van der Waals surface area (Å²) in [4.78, 5) is 0. The van der Waals surface area contributed by atoms with Gasteiger partial charge in [0.2, 0.25) is 0 Å². The third-order valence-corrected chi connectivity index (χ3v) is 1.99. The van der Waals surface area contributed by atoms with Crippen LogP contribution in [0.4, 0.5) is 0 Å². The van der Waals surface area contributed by atoms with E-state index in [2.05, 4.69) is 60.6 Å². The van der Waals surface area contributed by atoms with Gasteiger partial charge < -0.3 is 5.32 Å². The third-order valence-electron chi connectivity index (χ3n) is 1.99. The highest BCUT2D eigenvalue weighted by molar-refractivity contribution is 4.96. The molecule has 5 nitrogen and oxygen atoms in total. The van der Waals surface area contributed by atoms with E-state index in [1.54, 1.807) is 0 Å². The van der Waals surface area contributed by atoms with E-state index in [-0.39, 0.29) is 11.5 Å². The van der Waals surface area contributed by atoms with Crippen LogP contribution in [0.1, 0.15) is 46.5 Å². The molecule has 0 radical (unpaired) electrons. The summed E-state index contributed by atoms with van der Waals surface area (Å²) >= 11 is 0. The van der Waals surface area contributed by atoms with Crippen molar-refractivity contribution in [1.82, 2.24) is 25.9 Å². The van der Waals surface area contributed by atoms with Gasteiger partial charge in [-0.2, -0.15) is 5.21 Å². The van der Waals surface area contributed by atoms with E-state index in [4.69, 9.17) is 0 Å². The Labute approximate surface area is 84.7 Å². The second-order valence-electron chi connectivity index (χ2n) is 4.89. The first-order valence-corrected chi connectivity index (χ1v) is 4.90. The lowest BCUT2D eigenvalue weighted by Crippen LogP contribution is -2.37. The predicted octanol–water partition coefficient (Wildman–Crippen LogP) is 1.28. The molecule has 0 saturated heterocycles. The highest BCUT2D eigenvalue weighted by Gasteiger charge is 2.29. The van der Waals surface area contributed by atoms with E-state index in [1.807, 2.05) is 0 Å². The Balaban J connectivity index is 2.83. The number of nitrogens with one attached hydrogen (secondary N) is 2. The van der Waals surface area contributed by atoms with Crippen molar-refractivity contribution in [2.45, 2.75) is 46.7 Å². The van der Waals surface area contributed by atoms with Crippen molar-refractivity contribution < 1.29 is 0 Å². The van der Waals surface area contributed by atoms with Gasteiger partial charge in [0.25, 0.3) is 0 Å². The summed E-state index contributed by atoms with van der Waals surface area (Å²) in [6.07, 6.45) is 0. The number of H-pyrrole nitrogens is 1. The molecule has 14 heavy (non-hydrogen) atoms. The van der Waals surface area contributed by atoms with Crippen molar-refractivity contribution in [3.8, 4) is 0 Å². The van der Waals surface area contributed by atoms with E-state index in [0.717, 1.165) is 5.82 Å². The smallest absolute Gasteiger partial charge is 0.191 e. The summed E-state index contributed by atoms with van der Waals surface area (Å²) in [6.45, 7) is 10.7. The first kappa shape index (κ1) is 11.1. The Bertz CT molecular complexity index is 259. The molecule has 1 rings (SSSR count). The first-order chi connectivity index (χ1) is 6.41. The molecule has 1 heterocycles. The summed E-state index contributed by atoms with van der Waals surface area (Å²) in [5, 5.41) is 17.6. The van der Waals surface area contributed by atoms with E-state index in [9.17, 15) is 0 Å². The van der Waals surface area contributed by atoms with Gasteiger partial charge >= 0.3 is 0 Å². The molecule has 1 atom stereocenters. The lowest BCUT2D eigenvalue weighted by Gasteiger charge is -2.30. The minimum Gasteiger partial charge on any atom is -0.305 e. The average Bonchev–Trinajstić information content (AvgIpc) is 2.49. The van der Waals surface area contributed by atoms with E-state index < -0.39 is 0 Å². The van der Waals surface area contributed by atoms with Crippen molar-refractivity contribution in [2.24, 2.45) is 5.41 Å². The molecule has 0 aliphatic heterocycles. The molecule has 0 bridgehead atoms. The van der Waals surface area contributed by atoms with Crippen LogP contribution in [0.15, 0.2) is 0 Å².